The van der Waals surface area contributed by atoms with Crippen LogP contribution in [0.1, 0.15) is 34.6 Å². The smallest absolute Gasteiger partial charge is 0.337 e. The van der Waals surface area contributed by atoms with E-state index in [2.05, 4.69) is 15.6 Å². The first-order valence-electron chi connectivity index (χ1n) is 12.3. The summed E-state index contributed by atoms with van der Waals surface area (Å²) in [6.45, 7) is 1.28. The molecule has 9 nitrogen and oxygen atoms in total. The van der Waals surface area contributed by atoms with Gasteiger partial charge in [-0.25, -0.2) is 9.78 Å². The van der Waals surface area contributed by atoms with Crippen LogP contribution in [0.4, 0.5) is 10.8 Å². The van der Waals surface area contributed by atoms with E-state index in [9.17, 15) is 14.7 Å². The number of amides is 1. The second-order valence-corrected chi connectivity index (χ2v) is 9.52. The molecule has 4 aromatic rings. The third-order valence-electron chi connectivity index (χ3n) is 5.61. The van der Waals surface area contributed by atoms with Gasteiger partial charge in [0, 0.05) is 17.6 Å². The predicted molar refractivity (Wildman–Crippen MR) is 152 cm³/mol. The summed E-state index contributed by atoms with van der Waals surface area (Å²) in [4.78, 5) is 26.4. The van der Waals surface area contributed by atoms with Crippen molar-refractivity contribution in [2.75, 3.05) is 24.1 Å². The van der Waals surface area contributed by atoms with Crippen molar-refractivity contribution in [3.63, 3.8) is 0 Å². The van der Waals surface area contributed by atoms with Crippen molar-refractivity contribution < 1.29 is 24.9 Å². The fourth-order valence-corrected chi connectivity index (χ4v) is 4.13. The Balaban J connectivity index is 0.000000320. The number of carbonyl (C=O) groups is 2. The minimum Gasteiger partial charge on any atom is -0.479 e. The summed E-state index contributed by atoms with van der Waals surface area (Å²) < 4.78 is 0. The maximum atomic E-state index is 12.0. The molecule has 0 fully saturated rings. The zero-order valence-corrected chi connectivity index (χ0v) is 22.1. The number of benzene rings is 3. The van der Waals surface area contributed by atoms with Gasteiger partial charge in [0.2, 0.25) is 5.91 Å². The molecule has 0 spiro atoms. The number of aliphatic hydroxyl groups is 2. The van der Waals surface area contributed by atoms with Crippen LogP contribution in [-0.2, 0) is 22.4 Å². The zero-order valence-electron chi connectivity index (χ0n) is 21.2. The third kappa shape index (κ3) is 10.3. The van der Waals surface area contributed by atoms with Gasteiger partial charge in [-0.1, -0.05) is 72.8 Å². The average molecular weight is 549 g/mol. The number of nitrogens with zero attached hydrogens (tertiary/aromatic N) is 1. The predicted octanol–water partition coefficient (Wildman–Crippen LogP) is 3.58. The number of aliphatic carboxylic acids is 1. The van der Waals surface area contributed by atoms with Crippen molar-refractivity contribution in [3.05, 3.63) is 113 Å². The lowest BCUT2D eigenvalue weighted by Gasteiger charge is -2.12. The van der Waals surface area contributed by atoms with Crippen molar-refractivity contribution in [1.29, 1.82) is 0 Å². The number of aromatic nitrogens is 1. The molecule has 4 rings (SSSR count). The number of nitrogen functional groups attached to an aromatic ring is 1. The van der Waals surface area contributed by atoms with Gasteiger partial charge in [-0.2, -0.15) is 0 Å². The number of carboxylic acids is 1. The molecule has 0 saturated heterocycles. The van der Waals surface area contributed by atoms with Crippen molar-refractivity contribution >= 4 is 34.0 Å². The molecule has 0 saturated carbocycles. The zero-order chi connectivity index (χ0) is 28.0. The van der Waals surface area contributed by atoms with Crippen molar-refractivity contribution in [1.82, 2.24) is 10.3 Å². The molecule has 10 heteroatoms. The number of carbonyl (C=O) groups excluding carboxylic acids is 1. The SMILES string of the molecule is Nc1nc(CC(=O)Nc2ccc(CCNC[C@H](O)c3ccccc3)cc2)cs1.O=C(O)C(O)c1ccccc1. The number of carboxylic acid groups (broad SMARTS) is 1. The van der Waals surface area contributed by atoms with Crippen LogP contribution in [0.5, 0.6) is 0 Å². The molecule has 0 bridgehead atoms. The van der Waals surface area contributed by atoms with Gasteiger partial charge in [0.1, 0.15) is 0 Å². The van der Waals surface area contributed by atoms with E-state index in [1.807, 2.05) is 54.6 Å². The summed E-state index contributed by atoms with van der Waals surface area (Å²) in [6.07, 6.45) is -0.861. The topological polar surface area (TPSA) is 158 Å². The molecule has 7 N–H and O–H groups in total. The molecular formula is C29H32N4O5S. The molecule has 1 amide bonds. The number of rotatable bonds is 11. The second kappa shape index (κ2) is 15.4. The quantitative estimate of drug-likeness (QED) is 0.155. The molecule has 1 heterocycles. The Bertz CT molecular complexity index is 1300. The Morgan fingerprint density at radius 2 is 1.51 bits per heavy atom. The molecule has 39 heavy (non-hydrogen) atoms. The molecule has 0 radical (unpaired) electrons. The number of anilines is 2. The lowest BCUT2D eigenvalue weighted by Crippen LogP contribution is -2.23. The Morgan fingerprint density at radius 1 is 0.897 bits per heavy atom. The fourth-order valence-electron chi connectivity index (χ4n) is 3.57. The lowest BCUT2D eigenvalue weighted by molar-refractivity contribution is -0.147. The number of aliphatic hydroxyl groups excluding tert-OH is 2. The minimum absolute atomic E-state index is 0.116. The van der Waals surface area contributed by atoms with Crippen LogP contribution in [0.3, 0.4) is 0 Å². The molecular weight excluding hydrogens is 516 g/mol. The maximum absolute atomic E-state index is 12.0. The highest BCUT2D eigenvalue weighted by Crippen LogP contribution is 2.15. The van der Waals surface area contributed by atoms with E-state index < -0.39 is 18.2 Å². The van der Waals surface area contributed by atoms with Gasteiger partial charge >= 0.3 is 5.97 Å². The number of hydrogen-bond acceptors (Lipinski definition) is 8. The highest BCUT2D eigenvalue weighted by atomic mass is 32.1. The van der Waals surface area contributed by atoms with Gasteiger partial charge in [0.05, 0.1) is 18.2 Å². The van der Waals surface area contributed by atoms with Gasteiger partial charge in [-0.15, -0.1) is 11.3 Å². The van der Waals surface area contributed by atoms with E-state index in [0.29, 0.717) is 22.9 Å². The normalized spacial score (nSPS) is 12.1. The number of thiazole rings is 1. The minimum atomic E-state index is -1.41. The van der Waals surface area contributed by atoms with Crippen LogP contribution in [0.25, 0.3) is 0 Å². The van der Waals surface area contributed by atoms with Gasteiger partial charge in [0.15, 0.2) is 11.2 Å². The molecule has 2 atom stereocenters. The summed E-state index contributed by atoms with van der Waals surface area (Å²) in [6, 6.07) is 25.6. The standard InChI is InChI=1S/C21H24N4O2S.C8H8O3/c22-21-25-18(14-28-21)12-20(27)24-17-8-6-15(7-9-17)10-11-23-13-19(26)16-4-2-1-3-5-16;9-7(8(10)11)6-4-2-1-3-5-6/h1-9,14,19,23,26H,10-13H2,(H2,22,25)(H,24,27);1-5,7,9H,(H,10,11)/t19-;/m0./s1. The van der Waals surface area contributed by atoms with Crippen molar-refractivity contribution in [2.24, 2.45) is 0 Å². The number of nitrogens with two attached hydrogens (primary N) is 1. The van der Waals surface area contributed by atoms with Gasteiger partial charge < -0.3 is 31.7 Å². The van der Waals surface area contributed by atoms with E-state index in [1.54, 1.807) is 35.7 Å². The highest BCUT2D eigenvalue weighted by Gasteiger charge is 2.14. The van der Waals surface area contributed by atoms with Crippen LogP contribution in [-0.4, -0.2) is 45.3 Å². The third-order valence-corrected chi connectivity index (χ3v) is 6.33. The van der Waals surface area contributed by atoms with Crippen LogP contribution in [0.15, 0.2) is 90.3 Å². The highest BCUT2D eigenvalue weighted by molar-refractivity contribution is 7.13. The maximum Gasteiger partial charge on any atom is 0.337 e. The Kier molecular flexibility index (Phi) is 11.6. The first kappa shape index (κ1) is 29.5. The van der Waals surface area contributed by atoms with E-state index in [4.69, 9.17) is 15.9 Å². The van der Waals surface area contributed by atoms with Crippen LogP contribution in [0, 0.1) is 0 Å². The molecule has 0 aliphatic carbocycles. The Hall–Kier alpha value is -4.09. The van der Waals surface area contributed by atoms with Crippen LogP contribution in [0.2, 0.25) is 0 Å². The summed E-state index contributed by atoms with van der Waals surface area (Å²) in [5.41, 5.74) is 9.49. The summed E-state index contributed by atoms with van der Waals surface area (Å²) >= 11 is 1.33. The molecule has 0 aliphatic rings. The molecule has 204 valence electrons. The van der Waals surface area contributed by atoms with Gasteiger partial charge in [-0.3, -0.25) is 4.79 Å². The molecule has 1 unspecified atom stereocenters. The summed E-state index contributed by atoms with van der Waals surface area (Å²) in [5.74, 6) is -1.34. The van der Waals surface area contributed by atoms with Crippen LogP contribution >= 0.6 is 11.3 Å². The van der Waals surface area contributed by atoms with E-state index in [0.717, 1.165) is 29.8 Å². The number of nitrogens with one attached hydrogen (secondary N) is 2. The van der Waals surface area contributed by atoms with Gasteiger partial charge in [0.25, 0.3) is 0 Å². The molecule has 0 aliphatic heterocycles. The van der Waals surface area contributed by atoms with Crippen molar-refractivity contribution in [2.45, 2.75) is 25.0 Å². The lowest BCUT2D eigenvalue weighted by atomic mass is 10.1. The molecule has 1 aromatic heterocycles. The second-order valence-electron chi connectivity index (χ2n) is 8.63. The first-order chi connectivity index (χ1) is 18.8. The molecule has 3 aromatic carbocycles. The summed E-state index contributed by atoms with van der Waals surface area (Å²) in [5, 5.41) is 35.9. The monoisotopic (exact) mass is 548 g/mol. The Morgan fingerprint density at radius 3 is 2.08 bits per heavy atom. The van der Waals surface area contributed by atoms with E-state index in [-0.39, 0.29) is 12.3 Å². The largest absolute Gasteiger partial charge is 0.479 e. The van der Waals surface area contributed by atoms with E-state index >= 15 is 0 Å². The Labute approximate surface area is 231 Å². The van der Waals surface area contributed by atoms with Crippen LogP contribution < -0.4 is 16.4 Å². The summed E-state index contributed by atoms with van der Waals surface area (Å²) in [7, 11) is 0. The van der Waals surface area contributed by atoms with E-state index in [1.165, 1.54) is 11.3 Å². The van der Waals surface area contributed by atoms with Crippen molar-refractivity contribution in [3.8, 4) is 0 Å². The average Bonchev–Trinajstić information content (AvgIpc) is 3.36. The number of hydrogen-bond donors (Lipinski definition) is 6. The van der Waals surface area contributed by atoms with Gasteiger partial charge in [-0.05, 0) is 41.8 Å². The fraction of sp³-hybridized carbons (Fsp3) is 0.207. The first-order valence-corrected chi connectivity index (χ1v) is 13.2.